The maximum atomic E-state index is 13.1. The molecule has 0 N–H and O–H groups in total. The molecule has 2 fully saturated rings. The molecule has 2 aliphatic rings. The Kier molecular flexibility index (Phi) is 5.32. The van der Waals surface area contributed by atoms with E-state index in [4.69, 9.17) is 4.52 Å². The van der Waals surface area contributed by atoms with Crippen molar-refractivity contribution in [3.8, 4) is 0 Å². The van der Waals surface area contributed by atoms with Crippen LogP contribution in [0, 0.1) is 19.8 Å². The maximum Gasteiger partial charge on any atom is 0.248 e. The molecule has 4 rings (SSSR count). The molecule has 1 amide bonds. The molecule has 0 radical (unpaired) electrons. The minimum Gasteiger partial charge on any atom is -0.360 e. The summed E-state index contributed by atoms with van der Waals surface area (Å²) in [5.74, 6) is 0.366. The van der Waals surface area contributed by atoms with Crippen molar-refractivity contribution >= 4 is 27.3 Å². The van der Waals surface area contributed by atoms with E-state index < -0.39 is 10.0 Å². The zero-order chi connectivity index (χ0) is 19.9. The number of hydrogen-bond donors (Lipinski definition) is 0. The van der Waals surface area contributed by atoms with Crippen LogP contribution in [0.5, 0.6) is 0 Å². The summed E-state index contributed by atoms with van der Waals surface area (Å²) in [5.41, 5.74) is 1.60. The first-order valence-corrected chi connectivity index (χ1v) is 12.0. The summed E-state index contributed by atoms with van der Waals surface area (Å²) in [6.07, 6.45) is 3.12. The number of aromatic nitrogens is 1. The molecule has 0 aromatic carbocycles. The van der Waals surface area contributed by atoms with Crippen LogP contribution >= 0.6 is 11.3 Å². The Morgan fingerprint density at radius 2 is 1.96 bits per heavy atom. The SMILES string of the molecule is Cc1noc(C)c1S(=O)(=O)N1CCC(C(=O)N2CCC[C@@H]2c2ccsc2)CC1. The zero-order valence-corrected chi connectivity index (χ0v) is 17.8. The highest BCUT2D eigenvalue weighted by molar-refractivity contribution is 7.89. The highest BCUT2D eigenvalue weighted by Crippen LogP contribution is 2.36. The van der Waals surface area contributed by atoms with Crippen molar-refractivity contribution in [2.24, 2.45) is 5.92 Å². The Hall–Kier alpha value is -1.71. The minimum atomic E-state index is -3.64. The monoisotopic (exact) mass is 423 g/mol. The third-order valence-corrected chi connectivity index (χ3v) is 8.68. The van der Waals surface area contributed by atoms with Gasteiger partial charge in [0.15, 0.2) is 5.76 Å². The van der Waals surface area contributed by atoms with Crippen LogP contribution in [0.4, 0.5) is 0 Å². The largest absolute Gasteiger partial charge is 0.360 e. The molecule has 0 spiro atoms. The third kappa shape index (κ3) is 3.40. The van der Waals surface area contributed by atoms with Crippen LogP contribution in [-0.4, -0.2) is 48.3 Å². The molecule has 2 saturated heterocycles. The van der Waals surface area contributed by atoms with Crippen molar-refractivity contribution in [2.45, 2.75) is 50.5 Å². The number of carbonyl (C=O) groups excluding carboxylic acids is 1. The summed E-state index contributed by atoms with van der Waals surface area (Å²) in [6.45, 7) is 4.73. The smallest absolute Gasteiger partial charge is 0.248 e. The fourth-order valence-electron chi connectivity index (χ4n) is 4.39. The Labute approximate surface area is 169 Å². The molecule has 28 heavy (non-hydrogen) atoms. The van der Waals surface area contributed by atoms with E-state index in [2.05, 4.69) is 16.6 Å². The van der Waals surface area contributed by atoms with Gasteiger partial charge in [0.05, 0.1) is 6.04 Å². The summed E-state index contributed by atoms with van der Waals surface area (Å²) in [6, 6.07) is 2.27. The second kappa shape index (κ2) is 7.61. The Morgan fingerprint density at radius 1 is 1.21 bits per heavy atom. The van der Waals surface area contributed by atoms with Gasteiger partial charge in [-0.3, -0.25) is 4.79 Å². The normalized spacial score (nSPS) is 22.1. The maximum absolute atomic E-state index is 13.1. The first kappa shape index (κ1) is 19.6. The van der Waals surface area contributed by atoms with Gasteiger partial charge >= 0.3 is 0 Å². The number of hydrogen-bond acceptors (Lipinski definition) is 6. The van der Waals surface area contributed by atoms with E-state index >= 15 is 0 Å². The highest BCUT2D eigenvalue weighted by Gasteiger charge is 2.39. The molecule has 0 aliphatic carbocycles. The summed E-state index contributed by atoms with van der Waals surface area (Å²) in [7, 11) is -3.64. The molecule has 2 aromatic heterocycles. The molecule has 0 unspecified atom stereocenters. The van der Waals surface area contributed by atoms with E-state index in [1.807, 2.05) is 10.3 Å². The Balaban J connectivity index is 1.43. The second-order valence-electron chi connectivity index (χ2n) is 7.58. The van der Waals surface area contributed by atoms with Gasteiger partial charge in [0, 0.05) is 25.6 Å². The number of aryl methyl sites for hydroxylation is 2. The molecule has 1 atom stereocenters. The molecule has 2 aromatic rings. The number of sulfonamides is 1. The standard InChI is InChI=1S/C19H25N3O4S2/c1-13-18(14(2)26-20-13)28(24,25)21-9-5-15(6-10-21)19(23)22-8-3-4-17(22)16-7-11-27-12-16/h7,11-12,15,17H,3-6,8-10H2,1-2H3/t17-/m1/s1. The van der Waals surface area contributed by atoms with Gasteiger partial charge in [0.2, 0.25) is 15.9 Å². The lowest BCUT2D eigenvalue weighted by atomic mass is 9.95. The van der Waals surface area contributed by atoms with Gasteiger partial charge in [-0.15, -0.1) is 0 Å². The summed E-state index contributed by atoms with van der Waals surface area (Å²) in [4.78, 5) is 15.3. The summed E-state index contributed by atoms with van der Waals surface area (Å²) >= 11 is 1.66. The minimum absolute atomic E-state index is 0.115. The van der Waals surface area contributed by atoms with Crippen molar-refractivity contribution in [1.29, 1.82) is 0 Å². The molecular weight excluding hydrogens is 398 g/mol. The van der Waals surface area contributed by atoms with Crippen molar-refractivity contribution in [1.82, 2.24) is 14.4 Å². The molecule has 152 valence electrons. The third-order valence-electron chi connectivity index (χ3n) is 5.83. The van der Waals surface area contributed by atoms with E-state index in [0.29, 0.717) is 37.4 Å². The van der Waals surface area contributed by atoms with Gasteiger partial charge < -0.3 is 9.42 Å². The lowest BCUT2D eigenvalue weighted by Gasteiger charge is -2.34. The molecular formula is C19H25N3O4S2. The molecule has 7 nitrogen and oxygen atoms in total. The van der Waals surface area contributed by atoms with Crippen LogP contribution in [0.15, 0.2) is 26.2 Å². The number of likely N-dealkylation sites (tertiary alicyclic amines) is 1. The van der Waals surface area contributed by atoms with Gasteiger partial charge in [-0.05, 0) is 61.9 Å². The van der Waals surface area contributed by atoms with Gasteiger partial charge in [0.1, 0.15) is 10.6 Å². The average Bonchev–Trinajstić information content (AvgIpc) is 3.42. The van der Waals surface area contributed by atoms with Crippen molar-refractivity contribution in [3.05, 3.63) is 33.8 Å². The fourth-order valence-corrected chi connectivity index (χ4v) is 6.86. The van der Waals surface area contributed by atoms with E-state index in [9.17, 15) is 13.2 Å². The van der Waals surface area contributed by atoms with Crippen molar-refractivity contribution < 1.29 is 17.7 Å². The van der Waals surface area contributed by atoms with Gasteiger partial charge in [-0.25, -0.2) is 8.42 Å². The highest BCUT2D eigenvalue weighted by atomic mass is 32.2. The number of piperidine rings is 1. The number of rotatable bonds is 4. The topological polar surface area (TPSA) is 83.7 Å². The van der Waals surface area contributed by atoms with Crippen LogP contribution in [0.25, 0.3) is 0 Å². The van der Waals surface area contributed by atoms with E-state index in [1.165, 1.54) is 9.87 Å². The number of carbonyl (C=O) groups is 1. The van der Waals surface area contributed by atoms with Crippen LogP contribution in [0.1, 0.15) is 48.7 Å². The summed E-state index contributed by atoms with van der Waals surface area (Å²) < 4.78 is 32.4. The number of nitrogens with zero attached hydrogens (tertiary/aromatic N) is 3. The quantitative estimate of drug-likeness (QED) is 0.754. The number of thiophene rings is 1. The molecule has 9 heteroatoms. The predicted octanol–water partition coefficient (Wildman–Crippen LogP) is 3.12. The van der Waals surface area contributed by atoms with Gasteiger partial charge in [-0.1, -0.05) is 5.16 Å². The van der Waals surface area contributed by atoms with E-state index in [-0.39, 0.29) is 22.8 Å². The van der Waals surface area contributed by atoms with E-state index in [0.717, 1.165) is 19.4 Å². The van der Waals surface area contributed by atoms with Crippen molar-refractivity contribution in [2.75, 3.05) is 19.6 Å². The predicted molar refractivity (Wildman–Crippen MR) is 105 cm³/mol. The average molecular weight is 424 g/mol. The Bertz CT molecular complexity index is 924. The van der Waals surface area contributed by atoms with Crippen LogP contribution in [0.2, 0.25) is 0 Å². The number of amides is 1. The fraction of sp³-hybridized carbons (Fsp3) is 0.579. The lowest BCUT2D eigenvalue weighted by Crippen LogP contribution is -2.44. The first-order chi connectivity index (χ1) is 13.4. The van der Waals surface area contributed by atoms with Gasteiger partial charge in [-0.2, -0.15) is 15.6 Å². The molecule has 0 bridgehead atoms. The van der Waals surface area contributed by atoms with Crippen LogP contribution in [0.3, 0.4) is 0 Å². The Morgan fingerprint density at radius 3 is 2.57 bits per heavy atom. The summed E-state index contributed by atoms with van der Waals surface area (Å²) in [5, 5.41) is 7.93. The lowest BCUT2D eigenvalue weighted by molar-refractivity contribution is -0.137. The van der Waals surface area contributed by atoms with Crippen LogP contribution < -0.4 is 0 Å². The molecule has 2 aliphatic heterocycles. The first-order valence-electron chi connectivity index (χ1n) is 9.65. The van der Waals surface area contributed by atoms with E-state index in [1.54, 1.807) is 25.2 Å². The van der Waals surface area contributed by atoms with Crippen LogP contribution in [-0.2, 0) is 14.8 Å². The second-order valence-corrected chi connectivity index (χ2v) is 10.2. The van der Waals surface area contributed by atoms with Crippen molar-refractivity contribution in [3.63, 3.8) is 0 Å². The molecule has 4 heterocycles. The zero-order valence-electron chi connectivity index (χ0n) is 16.1. The molecule has 0 saturated carbocycles. The van der Waals surface area contributed by atoms with Gasteiger partial charge in [0.25, 0.3) is 0 Å².